The van der Waals surface area contributed by atoms with Crippen molar-refractivity contribution in [2.45, 2.75) is 32.4 Å². The third-order valence-electron chi connectivity index (χ3n) is 2.70. The van der Waals surface area contributed by atoms with E-state index < -0.39 is 46.8 Å². The number of rotatable bonds is 4. The Hall–Kier alpha value is -1.21. The van der Waals surface area contributed by atoms with Crippen LogP contribution >= 0.6 is 0 Å². The van der Waals surface area contributed by atoms with E-state index in [-0.39, 0.29) is 12.3 Å². The van der Waals surface area contributed by atoms with Gasteiger partial charge in [-0.2, -0.15) is 0 Å². The van der Waals surface area contributed by atoms with Crippen LogP contribution in [0.1, 0.15) is 31.9 Å². The fourth-order valence-electron chi connectivity index (χ4n) is 1.74. The average molecular weight is 283 g/mol. The zero-order valence-electron chi connectivity index (χ0n) is 10.4. The standard InChI is InChI=1S/C12H14F5NO/c1-4(2)3-5(19)12(18)6-7(13)9(15)11(17)10(16)8(6)14/h4-5,12,19H,3,18H2,1-2H3/t5-,12-/m0/s1. The molecule has 0 bridgehead atoms. The maximum absolute atomic E-state index is 13.4. The molecule has 0 unspecified atom stereocenters. The lowest BCUT2D eigenvalue weighted by Crippen LogP contribution is -2.30. The van der Waals surface area contributed by atoms with Crippen LogP contribution < -0.4 is 5.73 Å². The number of hydrogen-bond acceptors (Lipinski definition) is 2. The minimum absolute atomic E-state index is 0.0534. The van der Waals surface area contributed by atoms with Crippen LogP contribution in [0.15, 0.2) is 0 Å². The molecule has 1 rings (SSSR count). The van der Waals surface area contributed by atoms with Crippen LogP contribution in [0.5, 0.6) is 0 Å². The highest BCUT2D eigenvalue weighted by molar-refractivity contribution is 5.27. The Morgan fingerprint density at radius 1 is 0.895 bits per heavy atom. The zero-order valence-corrected chi connectivity index (χ0v) is 10.4. The maximum Gasteiger partial charge on any atom is 0.200 e. The van der Waals surface area contributed by atoms with Gasteiger partial charge in [0.1, 0.15) is 0 Å². The SMILES string of the molecule is CC(C)C[C@H](O)[C@H](N)c1c(F)c(F)c(F)c(F)c1F. The molecule has 0 radical (unpaired) electrons. The van der Waals surface area contributed by atoms with Crippen molar-refractivity contribution < 1.29 is 27.1 Å². The van der Waals surface area contributed by atoms with E-state index in [1.807, 2.05) is 0 Å². The van der Waals surface area contributed by atoms with Crippen LogP contribution in [0.3, 0.4) is 0 Å². The first-order chi connectivity index (χ1) is 8.68. The molecular weight excluding hydrogens is 269 g/mol. The van der Waals surface area contributed by atoms with E-state index in [4.69, 9.17) is 5.73 Å². The average Bonchev–Trinajstić information content (AvgIpc) is 2.33. The van der Waals surface area contributed by atoms with Gasteiger partial charge in [0.25, 0.3) is 0 Å². The van der Waals surface area contributed by atoms with Gasteiger partial charge in [0.2, 0.25) is 5.82 Å². The van der Waals surface area contributed by atoms with E-state index in [1.54, 1.807) is 13.8 Å². The molecule has 19 heavy (non-hydrogen) atoms. The van der Waals surface area contributed by atoms with Crippen LogP contribution in [0.2, 0.25) is 0 Å². The molecule has 108 valence electrons. The van der Waals surface area contributed by atoms with Crippen molar-refractivity contribution in [1.82, 2.24) is 0 Å². The summed E-state index contributed by atoms with van der Waals surface area (Å²) < 4.78 is 65.7. The fraction of sp³-hybridized carbons (Fsp3) is 0.500. The molecule has 0 saturated heterocycles. The second-order valence-corrected chi connectivity index (χ2v) is 4.71. The first kappa shape index (κ1) is 15.8. The highest BCUT2D eigenvalue weighted by atomic mass is 19.2. The van der Waals surface area contributed by atoms with Gasteiger partial charge in [0.05, 0.1) is 12.1 Å². The summed E-state index contributed by atoms with van der Waals surface area (Å²) in [7, 11) is 0. The molecule has 0 saturated carbocycles. The Labute approximate surface area is 107 Å². The number of benzene rings is 1. The van der Waals surface area contributed by atoms with Crippen LogP contribution in [0.25, 0.3) is 0 Å². The Balaban J connectivity index is 3.27. The minimum Gasteiger partial charge on any atom is -0.391 e. The molecule has 0 aliphatic rings. The second kappa shape index (κ2) is 5.83. The van der Waals surface area contributed by atoms with Gasteiger partial charge < -0.3 is 10.8 Å². The first-order valence-corrected chi connectivity index (χ1v) is 5.63. The molecular formula is C12H14F5NO. The monoisotopic (exact) mass is 283 g/mol. The quantitative estimate of drug-likeness (QED) is 0.507. The molecule has 0 spiro atoms. The van der Waals surface area contributed by atoms with Gasteiger partial charge in [-0.3, -0.25) is 0 Å². The summed E-state index contributed by atoms with van der Waals surface area (Å²) in [5, 5.41) is 9.64. The van der Waals surface area contributed by atoms with Crippen LogP contribution in [0, 0.1) is 35.0 Å². The molecule has 1 aromatic carbocycles. The third-order valence-corrected chi connectivity index (χ3v) is 2.70. The highest BCUT2D eigenvalue weighted by Crippen LogP contribution is 2.29. The summed E-state index contributed by atoms with van der Waals surface area (Å²) in [6.07, 6.45) is -1.34. The second-order valence-electron chi connectivity index (χ2n) is 4.71. The van der Waals surface area contributed by atoms with Crippen molar-refractivity contribution in [3.05, 3.63) is 34.6 Å². The summed E-state index contributed by atoms with van der Waals surface area (Å²) in [5.74, 6) is -10.5. The molecule has 2 nitrogen and oxygen atoms in total. The number of aliphatic hydroxyl groups excluding tert-OH is 1. The van der Waals surface area contributed by atoms with Crippen molar-refractivity contribution in [3.8, 4) is 0 Å². The third kappa shape index (κ3) is 3.03. The molecule has 0 amide bonds. The van der Waals surface area contributed by atoms with E-state index in [9.17, 15) is 27.1 Å². The molecule has 0 aromatic heterocycles. The molecule has 0 heterocycles. The van der Waals surface area contributed by atoms with Crippen LogP contribution in [-0.2, 0) is 0 Å². The largest absolute Gasteiger partial charge is 0.391 e. The summed E-state index contributed by atoms with van der Waals surface area (Å²) in [5.41, 5.74) is 4.20. The minimum atomic E-state index is -2.25. The van der Waals surface area contributed by atoms with Gasteiger partial charge in [-0.15, -0.1) is 0 Å². The number of hydrogen-bond donors (Lipinski definition) is 2. The Kier molecular flexibility index (Phi) is 4.86. The number of nitrogens with two attached hydrogens (primary N) is 1. The lowest BCUT2D eigenvalue weighted by Gasteiger charge is -2.22. The first-order valence-electron chi connectivity index (χ1n) is 5.63. The van der Waals surface area contributed by atoms with Gasteiger partial charge >= 0.3 is 0 Å². The van der Waals surface area contributed by atoms with E-state index in [0.29, 0.717) is 0 Å². The normalized spacial score (nSPS) is 14.8. The zero-order chi connectivity index (χ0) is 14.9. The summed E-state index contributed by atoms with van der Waals surface area (Å²) in [6.45, 7) is 3.43. The van der Waals surface area contributed by atoms with Gasteiger partial charge in [-0.05, 0) is 12.3 Å². The Bertz CT molecular complexity index is 449. The molecule has 2 atom stereocenters. The Morgan fingerprint density at radius 3 is 1.63 bits per heavy atom. The predicted molar refractivity (Wildman–Crippen MR) is 58.6 cm³/mol. The Morgan fingerprint density at radius 2 is 1.26 bits per heavy atom. The lowest BCUT2D eigenvalue weighted by molar-refractivity contribution is 0.117. The molecule has 0 aliphatic carbocycles. The van der Waals surface area contributed by atoms with Crippen molar-refractivity contribution in [3.63, 3.8) is 0 Å². The van der Waals surface area contributed by atoms with E-state index >= 15 is 0 Å². The van der Waals surface area contributed by atoms with E-state index in [2.05, 4.69) is 0 Å². The number of aliphatic hydroxyl groups is 1. The van der Waals surface area contributed by atoms with Crippen LogP contribution in [-0.4, -0.2) is 11.2 Å². The van der Waals surface area contributed by atoms with Crippen LogP contribution in [0.4, 0.5) is 22.0 Å². The van der Waals surface area contributed by atoms with Gasteiger partial charge in [-0.25, -0.2) is 22.0 Å². The van der Waals surface area contributed by atoms with Crippen molar-refractivity contribution in [2.24, 2.45) is 11.7 Å². The molecule has 3 N–H and O–H groups in total. The maximum atomic E-state index is 13.4. The molecule has 1 aromatic rings. The highest BCUT2D eigenvalue weighted by Gasteiger charge is 2.31. The summed E-state index contributed by atoms with van der Waals surface area (Å²) >= 11 is 0. The fourth-order valence-corrected chi connectivity index (χ4v) is 1.74. The van der Waals surface area contributed by atoms with Gasteiger partial charge in [0.15, 0.2) is 23.3 Å². The molecule has 7 heteroatoms. The predicted octanol–water partition coefficient (Wildman–Crippen LogP) is 2.79. The van der Waals surface area contributed by atoms with Gasteiger partial charge in [0, 0.05) is 5.56 Å². The molecule has 0 aliphatic heterocycles. The van der Waals surface area contributed by atoms with E-state index in [1.165, 1.54) is 0 Å². The van der Waals surface area contributed by atoms with E-state index in [0.717, 1.165) is 0 Å². The van der Waals surface area contributed by atoms with Crippen molar-refractivity contribution in [1.29, 1.82) is 0 Å². The van der Waals surface area contributed by atoms with Crippen molar-refractivity contribution >= 4 is 0 Å². The molecule has 0 fully saturated rings. The van der Waals surface area contributed by atoms with Crippen molar-refractivity contribution in [2.75, 3.05) is 0 Å². The number of halogens is 5. The lowest BCUT2D eigenvalue weighted by atomic mass is 9.94. The summed E-state index contributed by atoms with van der Waals surface area (Å²) in [4.78, 5) is 0. The van der Waals surface area contributed by atoms with Gasteiger partial charge in [-0.1, -0.05) is 13.8 Å². The smallest absolute Gasteiger partial charge is 0.200 e. The topological polar surface area (TPSA) is 46.2 Å². The summed E-state index contributed by atoms with van der Waals surface area (Å²) in [6, 6.07) is -1.69.